The number of halogens is 2. The fourth-order valence-corrected chi connectivity index (χ4v) is 4.79. The summed E-state index contributed by atoms with van der Waals surface area (Å²) in [6, 6.07) is 17.9. The van der Waals surface area contributed by atoms with Crippen LogP contribution in [0.4, 0.5) is 0 Å². The van der Waals surface area contributed by atoms with Gasteiger partial charge in [-0.3, -0.25) is 9.59 Å². The molecule has 0 aliphatic carbocycles. The third-order valence-corrected chi connectivity index (χ3v) is 6.61. The summed E-state index contributed by atoms with van der Waals surface area (Å²) >= 11 is 12.4. The zero-order chi connectivity index (χ0) is 22.6. The quantitative estimate of drug-likeness (QED) is 0.350. The highest BCUT2D eigenvalue weighted by molar-refractivity contribution is 6.42. The minimum Gasteiger partial charge on any atom is -0.450 e. The molecule has 1 unspecified atom stereocenters. The number of nitrogens with zero attached hydrogens (tertiary/aromatic N) is 1. The summed E-state index contributed by atoms with van der Waals surface area (Å²) in [4.78, 5) is 28.9. The topological polar surface area (TPSA) is 50.5 Å². The monoisotopic (exact) mass is 463 g/mol. The lowest BCUT2D eigenvalue weighted by Crippen LogP contribution is -2.29. The van der Waals surface area contributed by atoms with E-state index in [2.05, 4.69) is 0 Å². The van der Waals surface area contributed by atoms with Crippen molar-refractivity contribution in [1.82, 2.24) is 4.90 Å². The maximum atomic E-state index is 13.7. The van der Waals surface area contributed by atoms with Gasteiger partial charge in [0.15, 0.2) is 5.43 Å². The van der Waals surface area contributed by atoms with Gasteiger partial charge in [-0.25, -0.2) is 0 Å². The van der Waals surface area contributed by atoms with E-state index in [4.69, 9.17) is 27.6 Å². The number of carbonyl (C=O) groups is 1. The minimum absolute atomic E-state index is 0.0829. The first-order valence-corrected chi connectivity index (χ1v) is 11.0. The molecule has 4 nitrogen and oxygen atoms in total. The molecule has 0 bridgehead atoms. The van der Waals surface area contributed by atoms with Crippen LogP contribution in [0.25, 0.3) is 11.0 Å². The number of carbonyl (C=O) groups excluding carboxylic acids is 1. The van der Waals surface area contributed by atoms with Crippen LogP contribution in [0.3, 0.4) is 0 Å². The van der Waals surface area contributed by atoms with Gasteiger partial charge in [-0.15, -0.1) is 0 Å². The van der Waals surface area contributed by atoms with E-state index in [1.165, 1.54) is 0 Å². The van der Waals surface area contributed by atoms with Crippen molar-refractivity contribution in [2.45, 2.75) is 26.4 Å². The van der Waals surface area contributed by atoms with Crippen molar-refractivity contribution in [3.8, 4) is 0 Å². The number of hydrogen-bond acceptors (Lipinski definition) is 3. The second kappa shape index (κ2) is 7.80. The summed E-state index contributed by atoms with van der Waals surface area (Å²) in [6.45, 7) is 4.13. The molecule has 32 heavy (non-hydrogen) atoms. The van der Waals surface area contributed by atoms with Crippen LogP contribution in [-0.4, -0.2) is 10.8 Å². The largest absolute Gasteiger partial charge is 0.450 e. The molecule has 6 heteroatoms. The van der Waals surface area contributed by atoms with Gasteiger partial charge in [0.1, 0.15) is 5.58 Å². The molecule has 1 aromatic heterocycles. The highest BCUT2D eigenvalue weighted by Crippen LogP contribution is 2.41. The van der Waals surface area contributed by atoms with E-state index < -0.39 is 6.04 Å². The predicted molar refractivity (Wildman–Crippen MR) is 127 cm³/mol. The Bertz CT molecular complexity index is 1440. The van der Waals surface area contributed by atoms with Crippen LogP contribution in [-0.2, 0) is 6.54 Å². The fourth-order valence-electron chi connectivity index (χ4n) is 4.49. The average molecular weight is 464 g/mol. The molecule has 4 aromatic rings. The number of benzene rings is 3. The Kier molecular flexibility index (Phi) is 5.07. The van der Waals surface area contributed by atoms with Crippen LogP contribution in [0, 0.1) is 13.8 Å². The Morgan fingerprint density at radius 3 is 2.41 bits per heavy atom. The number of rotatable bonds is 3. The second-order valence-electron chi connectivity index (χ2n) is 8.12. The SMILES string of the molecule is Cc1cc(C)c2c(=O)c3c(oc2c1)C(=O)N(Cc1ccccc1)C3c1ccc(Cl)c(Cl)c1. The zero-order valence-electron chi connectivity index (χ0n) is 17.5. The van der Waals surface area contributed by atoms with Crippen molar-refractivity contribution >= 4 is 40.1 Å². The highest BCUT2D eigenvalue weighted by atomic mass is 35.5. The first-order valence-electron chi connectivity index (χ1n) is 10.2. The molecule has 0 saturated heterocycles. The van der Waals surface area contributed by atoms with Crippen LogP contribution >= 0.6 is 23.2 Å². The molecular weight excluding hydrogens is 445 g/mol. The van der Waals surface area contributed by atoms with Gasteiger partial charge in [0.25, 0.3) is 5.91 Å². The molecule has 5 rings (SSSR count). The van der Waals surface area contributed by atoms with Gasteiger partial charge in [0.2, 0.25) is 5.76 Å². The molecule has 0 radical (unpaired) electrons. The van der Waals surface area contributed by atoms with Gasteiger partial charge in [0, 0.05) is 6.54 Å². The first-order chi connectivity index (χ1) is 15.3. The number of fused-ring (bicyclic) bond motifs is 2. The normalized spacial score (nSPS) is 15.4. The molecule has 1 aliphatic heterocycles. The molecule has 1 aliphatic rings. The van der Waals surface area contributed by atoms with E-state index in [0.29, 0.717) is 38.7 Å². The Morgan fingerprint density at radius 2 is 1.69 bits per heavy atom. The molecule has 160 valence electrons. The Morgan fingerprint density at radius 1 is 0.938 bits per heavy atom. The van der Waals surface area contributed by atoms with E-state index in [0.717, 1.165) is 16.7 Å². The Balaban J connectivity index is 1.78. The van der Waals surface area contributed by atoms with Crippen LogP contribution in [0.2, 0.25) is 10.0 Å². The molecule has 1 amide bonds. The molecule has 3 aromatic carbocycles. The maximum absolute atomic E-state index is 13.7. The van der Waals surface area contributed by atoms with E-state index in [1.807, 2.05) is 50.2 Å². The van der Waals surface area contributed by atoms with Crippen molar-refractivity contribution in [3.63, 3.8) is 0 Å². The summed E-state index contributed by atoms with van der Waals surface area (Å²) in [5.41, 5.74) is 4.00. The number of hydrogen-bond donors (Lipinski definition) is 0. The molecule has 1 atom stereocenters. The van der Waals surface area contributed by atoms with Crippen molar-refractivity contribution in [2.24, 2.45) is 0 Å². The van der Waals surface area contributed by atoms with Gasteiger partial charge in [0.05, 0.1) is 27.0 Å². The highest BCUT2D eigenvalue weighted by Gasteiger charge is 2.43. The summed E-state index contributed by atoms with van der Waals surface area (Å²) < 4.78 is 6.08. The Hall–Kier alpha value is -3.08. The second-order valence-corrected chi connectivity index (χ2v) is 8.94. The average Bonchev–Trinajstić information content (AvgIpc) is 3.02. The molecule has 0 spiro atoms. The van der Waals surface area contributed by atoms with Crippen molar-refractivity contribution < 1.29 is 9.21 Å². The molecule has 0 fully saturated rings. The van der Waals surface area contributed by atoms with E-state index in [-0.39, 0.29) is 17.1 Å². The maximum Gasteiger partial charge on any atom is 0.291 e. The van der Waals surface area contributed by atoms with Crippen LogP contribution in [0.15, 0.2) is 69.9 Å². The van der Waals surface area contributed by atoms with Gasteiger partial charge in [-0.1, -0.05) is 65.7 Å². The minimum atomic E-state index is -0.631. The van der Waals surface area contributed by atoms with Gasteiger partial charge >= 0.3 is 0 Å². The Labute approximate surface area is 195 Å². The van der Waals surface area contributed by atoms with Gasteiger partial charge < -0.3 is 9.32 Å². The first kappa shape index (κ1) is 20.8. The molecule has 0 saturated carbocycles. The molecule has 0 N–H and O–H groups in total. The van der Waals surface area contributed by atoms with Crippen LogP contribution < -0.4 is 5.43 Å². The lowest BCUT2D eigenvalue weighted by atomic mass is 9.96. The third-order valence-electron chi connectivity index (χ3n) is 5.87. The standard InChI is InChI=1S/C26H19Cl2NO3/c1-14-10-15(2)21-20(11-14)32-25-22(24(21)30)23(17-8-9-18(27)19(28)12-17)29(26(25)31)13-16-6-4-3-5-7-16/h3-12,23H,13H2,1-2H3. The summed E-state index contributed by atoms with van der Waals surface area (Å²) in [7, 11) is 0. The van der Waals surface area contributed by atoms with E-state index in [1.54, 1.807) is 29.2 Å². The van der Waals surface area contributed by atoms with Crippen molar-refractivity contribution in [1.29, 1.82) is 0 Å². The smallest absolute Gasteiger partial charge is 0.291 e. The summed E-state index contributed by atoms with van der Waals surface area (Å²) in [5.74, 6) is -0.238. The fraction of sp³-hybridized carbons (Fsp3) is 0.154. The van der Waals surface area contributed by atoms with Crippen LogP contribution in [0.1, 0.15) is 44.4 Å². The van der Waals surface area contributed by atoms with Gasteiger partial charge in [-0.05, 0) is 54.3 Å². The summed E-state index contributed by atoms with van der Waals surface area (Å²) in [6.07, 6.45) is 0. The van der Waals surface area contributed by atoms with Crippen molar-refractivity contribution in [2.75, 3.05) is 0 Å². The lowest BCUT2D eigenvalue weighted by molar-refractivity contribution is 0.0714. The molecule has 2 heterocycles. The number of amides is 1. The van der Waals surface area contributed by atoms with E-state index >= 15 is 0 Å². The summed E-state index contributed by atoms with van der Waals surface area (Å²) in [5, 5.41) is 1.27. The predicted octanol–water partition coefficient (Wildman–Crippen LogP) is 6.46. The number of aryl methyl sites for hydroxylation is 2. The van der Waals surface area contributed by atoms with Crippen molar-refractivity contribution in [3.05, 3.63) is 115 Å². The lowest BCUT2D eigenvalue weighted by Gasteiger charge is -2.25. The van der Waals surface area contributed by atoms with E-state index in [9.17, 15) is 9.59 Å². The third kappa shape index (κ3) is 3.31. The van der Waals surface area contributed by atoms with Crippen LogP contribution in [0.5, 0.6) is 0 Å². The van der Waals surface area contributed by atoms with Gasteiger partial charge in [-0.2, -0.15) is 0 Å². The molecular formula is C26H19Cl2NO3. The zero-order valence-corrected chi connectivity index (χ0v) is 19.0.